The molecule has 0 amide bonds. The molecule has 1 aromatic rings. The van der Waals surface area contributed by atoms with E-state index in [0.29, 0.717) is 25.9 Å². The fourth-order valence-electron chi connectivity index (χ4n) is 2.59. The third-order valence-corrected chi connectivity index (χ3v) is 4.14. The lowest BCUT2D eigenvalue weighted by Crippen LogP contribution is -2.36. The molecule has 2 rings (SSSR count). The second-order valence-corrected chi connectivity index (χ2v) is 6.03. The Morgan fingerprint density at radius 1 is 1.47 bits per heavy atom. The number of ether oxygens (including phenoxy) is 1. The maximum absolute atomic E-state index is 11.4. The van der Waals surface area contributed by atoms with Crippen molar-refractivity contribution in [1.82, 2.24) is 0 Å². The summed E-state index contributed by atoms with van der Waals surface area (Å²) < 4.78 is 5.98. The zero-order valence-electron chi connectivity index (χ0n) is 11.1. The summed E-state index contributed by atoms with van der Waals surface area (Å²) in [5.41, 5.74) is 1.70. The van der Waals surface area contributed by atoms with E-state index in [-0.39, 0.29) is 12.4 Å². The van der Waals surface area contributed by atoms with Gasteiger partial charge >= 0.3 is 5.97 Å². The van der Waals surface area contributed by atoms with Crippen LogP contribution in [0.25, 0.3) is 0 Å². The van der Waals surface area contributed by atoms with Crippen molar-refractivity contribution < 1.29 is 14.6 Å². The van der Waals surface area contributed by atoms with Crippen LogP contribution in [0.2, 0.25) is 0 Å². The minimum atomic E-state index is -0.770. The van der Waals surface area contributed by atoms with Crippen LogP contribution in [-0.2, 0) is 22.4 Å². The molecule has 0 aliphatic heterocycles. The van der Waals surface area contributed by atoms with Gasteiger partial charge in [0.2, 0.25) is 0 Å². The summed E-state index contributed by atoms with van der Waals surface area (Å²) in [5, 5.41) is 10.6. The molecular formula is C15H19BrO3. The summed E-state index contributed by atoms with van der Waals surface area (Å²) in [6.07, 6.45) is 2.94. The van der Waals surface area contributed by atoms with Gasteiger partial charge in [0.25, 0.3) is 0 Å². The highest BCUT2D eigenvalue weighted by Crippen LogP contribution is 2.33. The smallest absolute Gasteiger partial charge is 0.305 e. The number of esters is 1. The van der Waals surface area contributed by atoms with E-state index >= 15 is 0 Å². The van der Waals surface area contributed by atoms with Crippen LogP contribution in [-0.4, -0.2) is 23.3 Å². The normalized spacial score (nSPS) is 21.8. The molecule has 1 N–H and O–H groups in total. The summed E-state index contributed by atoms with van der Waals surface area (Å²) in [4.78, 5) is 11.4. The van der Waals surface area contributed by atoms with Crippen molar-refractivity contribution in [3.63, 3.8) is 0 Å². The van der Waals surface area contributed by atoms with Crippen molar-refractivity contribution in [2.24, 2.45) is 0 Å². The van der Waals surface area contributed by atoms with Gasteiger partial charge in [-0.15, -0.1) is 0 Å². The Labute approximate surface area is 122 Å². The lowest BCUT2D eigenvalue weighted by atomic mass is 9.78. The zero-order chi connectivity index (χ0) is 13.9. The highest BCUT2D eigenvalue weighted by Gasteiger charge is 2.32. The first-order valence-corrected chi connectivity index (χ1v) is 7.47. The van der Waals surface area contributed by atoms with Crippen molar-refractivity contribution >= 4 is 21.9 Å². The molecule has 0 saturated carbocycles. The molecule has 4 heteroatoms. The molecule has 1 atom stereocenters. The fraction of sp³-hybridized carbons (Fsp3) is 0.533. The molecule has 3 nitrogen and oxygen atoms in total. The largest absolute Gasteiger partial charge is 0.466 e. The Bertz CT molecular complexity index is 472. The van der Waals surface area contributed by atoms with Crippen molar-refractivity contribution in [1.29, 1.82) is 0 Å². The fourth-order valence-corrected chi connectivity index (χ4v) is 3.00. The lowest BCUT2D eigenvalue weighted by molar-refractivity contribution is -0.144. The maximum atomic E-state index is 11.4. The minimum absolute atomic E-state index is 0.225. The molecule has 0 heterocycles. The number of aryl methyl sites for hydroxylation is 1. The molecular weight excluding hydrogens is 308 g/mol. The maximum Gasteiger partial charge on any atom is 0.305 e. The quantitative estimate of drug-likeness (QED) is 0.865. The third kappa shape index (κ3) is 3.80. The molecule has 0 bridgehead atoms. The Hall–Kier alpha value is -0.870. The number of carbonyl (C=O) groups is 1. The molecule has 0 aromatic heterocycles. The monoisotopic (exact) mass is 326 g/mol. The van der Waals surface area contributed by atoms with Crippen LogP contribution in [0.4, 0.5) is 0 Å². The van der Waals surface area contributed by atoms with E-state index in [0.717, 1.165) is 10.9 Å². The number of aliphatic hydroxyl groups is 1. The van der Waals surface area contributed by atoms with E-state index in [1.807, 2.05) is 12.1 Å². The highest BCUT2D eigenvalue weighted by molar-refractivity contribution is 9.10. The van der Waals surface area contributed by atoms with Crippen molar-refractivity contribution in [2.75, 3.05) is 6.61 Å². The van der Waals surface area contributed by atoms with E-state index in [2.05, 4.69) is 22.0 Å². The Morgan fingerprint density at radius 2 is 2.26 bits per heavy atom. The Morgan fingerprint density at radius 3 is 3.00 bits per heavy atom. The SMILES string of the molecule is CCOC(=O)CCC1(O)CCc2cc(Br)ccc2C1. The molecule has 1 aliphatic rings. The number of benzene rings is 1. The topological polar surface area (TPSA) is 46.5 Å². The summed E-state index contributed by atoms with van der Waals surface area (Å²) in [5.74, 6) is -0.225. The predicted octanol–water partition coefficient (Wildman–Crippen LogP) is 3.01. The number of hydrogen-bond donors (Lipinski definition) is 1. The molecule has 1 aliphatic carbocycles. The first-order valence-electron chi connectivity index (χ1n) is 6.68. The highest BCUT2D eigenvalue weighted by atomic mass is 79.9. The van der Waals surface area contributed by atoms with Crippen LogP contribution < -0.4 is 0 Å². The van der Waals surface area contributed by atoms with E-state index in [4.69, 9.17) is 4.74 Å². The van der Waals surface area contributed by atoms with Crippen LogP contribution in [0.5, 0.6) is 0 Å². The summed E-state index contributed by atoms with van der Waals surface area (Å²) in [6.45, 7) is 2.19. The van der Waals surface area contributed by atoms with E-state index in [1.54, 1.807) is 6.92 Å². The molecule has 0 saturated heterocycles. The van der Waals surface area contributed by atoms with E-state index in [1.165, 1.54) is 11.1 Å². The Balaban J connectivity index is 1.99. The number of carbonyl (C=O) groups excluding carboxylic acids is 1. The van der Waals surface area contributed by atoms with Gasteiger partial charge in [-0.25, -0.2) is 0 Å². The zero-order valence-corrected chi connectivity index (χ0v) is 12.7. The van der Waals surface area contributed by atoms with Crippen molar-refractivity contribution in [3.05, 3.63) is 33.8 Å². The molecule has 0 radical (unpaired) electrons. The summed E-state index contributed by atoms with van der Waals surface area (Å²) in [7, 11) is 0. The van der Waals surface area contributed by atoms with Gasteiger partial charge in [0.05, 0.1) is 12.2 Å². The first-order chi connectivity index (χ1) is 9.02. The van der Waals surface area contributed by atoms with Crippen molar-refractivity contribution in [2.45, 2.75) is 44.6 Å². The molecule has 0 spiro atoms. The molecule has 19 heavy (non-hydrogen) atoms. The number of hydrogen-bond acceptors (Lipinski definition) is 3. The third-order valence-electron chi connectivity index (χ3n) is 3.65. The first kappa shape index (κ1) is 14.5. The van der Waals surface area contributed by atoms with Crippen LogP contribution in [0.1, 0.15) is 37.3 Å². The van der Waals surface area contributed by atoms with Gasteiger partial charge in [0.1, 0.15) is 0 Å². The summed E-state index contributed by atoms with van der Waals surface area (Å²) in [6, 6.07) is 6.16. The lowest BCUT2D eigenvalue weighted by Gasteiger charge is -2.33. The van der Waals surface area contributed by atoms with E-state index in [9.17, 15) is 9.90 Å². The van der Waals surface area contributed by atoms with Gasteiger partial charge in [-0.3, -0.25) is 4.79 Å². The van der Waals surface area contributed by atoms with Gasteiger partial charge in [-0.05, 0) is 49.4 Å². The molecule has 1 aromatic carbocycles. The second-order valence-electron chi connectivity index (χ2n) is 5.12. The van der Waals surface area contributed by atoms with Crippen LogP contribution in [0.3, 0.4) is 0 Å². The number of rotatable bonds is 4. The number of fused-ring (bicyclic) bond motifs is 1. The second kappa shape index (κ2) is 6.06. The standard InChI is InChI=1S/C15H19BrO3/c1-2-19-14(17)6-8-15(18)7-5-11-9-13(16)4-3-12(11)10-15/h3-4,9,18H,2,5-8,10H2,1H3. The van der Waals surface area contributed by atoms with Crippen molar-refractivity contribution in [3.8, 4) is 0 Å². The predicted molar refractivity (Wildman–Crippen MR) is 77.0 cm³/mol. The van der Waals surface area contributed by atoms with Gasteiger partial charge in [-0.2, -0.15) is 0 Å². The van der Waals surface area contributed by atoms with Crippen LogP contribution in [0, 0.1) is 0 Å². The van der Waals surface area contributed by atoms with Gasteiger partial charge in [0.15, 0.2) is 0 Å². The van der Waals surface area contributed by atoms with Gasteiger partial charge in [-0.1, -0.05) is 22.0 Å². The van der Waals surface area contributed by atoms with Crippen LogP contribution >= 0.6 is 15.9 Å². The average Bonchev–Trinajstić information content (AvgIpc) is 2.38. The van der Waals surface area contributed by atoms with Crippen LogP contribution in [0.15, 0.2) is 22.7 Å². The van der Waals surface area contributed by atoms with Gasteiger partial charge in [0, 0.05) is 17.3 Å². The van der Waals surface area contributed by atoms with E-state index < -0.39 is 5.60 Å². The molecule has 104 valence electrons. The van der Waals surface area contributed by atoms with Gasteiger partial charge < -0.3 is 9.84 Å². The Kier molecular flexibility index (Phi) is 4.63. The molecule has 0 fully saturated rings. The number of halogens is 1. The minimum Gasteiger partial charge on any atom is -0.466 e. The molecule has 1 unspecified atom stereocenters. The average molecular weight is 327 g/mol. The summed E-state index contributed by atoms with van der Waals surface area (Å²) >= 11 is 3.46.